The van der Waals surface area contributed by atoms with Crippen LogP contribution in [0.15, 0.2) is 122 Å². The molecule has 0 saturated heterocycles. The average Bonchev–Trinajstić information content (AvgIpc) is 3.75. The molecule has 0 spiro atoms. The summed E-state index contributed by atoms with van der Waals surface area (Å²) >= 11 is 0. The van der Waals surface area contributed by atoms with Crippen molar-refractivity contribution >= 4 is 35.2 Å². The van der Waals surface area contributed by atoms with Gasteiger partial charge in [-0.25, -0.2) is 0 Å². The van der Waals surface area contributed by atoms with E-state index in [4.69, 9.17) is 9.97 Å². The van der Waals surface area contributed by atoms with Crippen molar-refractivity contribution in [1.82, 2.24) is 19.5 Å². The number of hydrogen-bond donors (Lipinski definition) is 0. The van der Waals surface area contributed by atoms with Crippen molar-refractivity contribution in [3.63, 3.8) is 0 Å². The first-order valence-corrected chi connectivity index (χ1v) is 20.2. The van der Waals surface area contributed by atoms with Crippen molar-refractivity contribution in [2.75, 3.05) is 0 Å². The number of rotatable bonds is 6. The summed E-state index contributed by atoms with van der Waals surface area (Å²) in [4.78, 5) is 14.1. The molecular formula is C42H40IrN4Si-2. The normalized spacial score (nSPS) is 13.2. The van der Waals surface area contributed by atoms with Gasteiger partial charge in [-0.15, -0.1) is 47.5 Å². The molecule has 0 aliphatic heterocycles. The van der Waals surface area contributed by atoms with E-state index in [1.54, 1.807) is 6.20 Å². The van der Waals surface area contributed by atoms with E-state index >= 15 is 0 Å². The van der Waals surface area contributed by atoms with Crippen molar-refractivity contribution in [1.29, 1.82) is 0 Å². The Hall–Kier alpha value is -4.22. The maximum absolute atomic E-state index is 4.96. The number of pyridine rings is 3. The van der Waals surface area contributed by atoms with E-state index in [0.717, 1.165) is 50.7 Å². The molecule has 3 aromatic carbocycles. The predicted octanol–water partition coefficient (Wildman–Crippen LogP) is 9.87. The fourth-order valence-electron chi connectivity index (χ4n) is 6.85. The maximum atomic E-state index is 4.96. The van der Waals surface area contributed by atoms with Gasteiger partial charge in [-0.05, 0) is 64.8 Å². The number of para-hydroxylation sites is 2. The molecule has 7 aromatic rings. The number of nitrogens with zero attached hydrogens (tertiary/aromatic N) is 4. The van der Waals surface area contributed by atoms with Gasteiger partial charge in [0.1, 0.15) is 0 Å². The SMILES string of the molecule is C[Si](C)(C)c1cnc(-c2[c-]nc3c(c2)c2ccccc2n3-c2ccccc2)cc1CC1CCCC1.[Ir].[c-]1ccccc1-c1ccccn1. The van der Waals surface area contributed by atoms with Crippen LogP contribution in [0.1, 0.15) is 31.2 Å². The molecule has 0 amide bonds. The van der Waals surface area contributed by atoms with E-state index in [1.807, 2.05) is 48.5 Å². The first-order valence-electron chi connectivity index (χ1n) is 16.7. The molecule has 1 fully saturated rings. The van der Waals surface area contributed by atoms with Crippen LogP contribution in [0, 0.1) is 18.2 Å². The van der Waals surface area contributed by atoms with Gasteiger partial charge in [-0.1, -0.05) is 111 Å². The smallest absolute Gasteiger partial charge is 0.0798 e. The third-order valence-corrected chi connectivity index (χ3v) is 11.2. The fourth-order valence-corrected chi connectivity index (χ4v) is 8.44. The van der Waals surface area contributed by atoms with Crippen LogP contribution in [0.5, 0.6) is 0 Å². The number of aromatic nitrogens is 4. The van der Waals surface area contributed by atoms with E-state index in [-0.39, 0.29) is 20.1 Å². The Labute approximate surface area is 298 Å². The number of hydrogen-bond acceptors (Lipinski definition) is 3. The van der Waals surface area contributed by atoms with E-state index in [9.17, 15) is 0 Å². The molecule has 1 saturated carbocycles. The van der Waals surface area contributed by atoms with Crippen molar-refractivity contribution in [3.05, 3.63) is 139 Å². The Kier molecular flexibility index (Phi) is 10.5. The summed E-state index contributed by atoms with van der Waals surface area (Å²) in [7, 11) is -1.48. The van der Waals surface area contributed by atoms with Gasteiger partial charge in [0.15, 0.2) is 0 Å². The molecule has 6 heteroatoms. The van der Waals surface area contributed by atoms with Crippen LogP contribution in [0.3, 0.4) is 0 Å². The quantitative estimate of drug-likeness (QED) is 0.124. The molecule has 1 aliphatic rings. The second kappa shape index (κ2) is 14.9. The molecule has 0 atom stereocenters. The second-order valence-electron chi connectivity index (χ2n) is 13.5. The van der Waals surface area contributed by atoms with Crippen LogP contribution < -0.4 is 5.19 Å². The Bertz CT molecular complexity index is 2060. The Morgan fingerprint density at radius 2 is 1.50 bits per heavy atom. The van der Waals surface area contributed by atoms with E-state index in [0.29, 0.717) is 0 Å². The van der Waals surface area contributed by atoms with E-state index < -0.39 is 8.07 Å². The third-order valence-electron chi connectivity index (χ3n) is 9.18. The number of fused-ring (bicyclic) bond motifs is 3. The third kappa shape index (κ3) is 7.27. The van der Waals surface area contributed by atoms with Crippen molar-refractivity contribution in [2.24, 2.45) is 5.92 Å². The fraction of sp³-hybridized carbons (Fsp3) is 0.214. The van der Waals surface area contributed by atoms with E-state index in [2.05, 4.69) is 108 Å². The molecule has 8 rings (SSSR count). The number of benzene rings is 3. The Balaban J connectivity index is 0.000000260. The monoisotopic (exact) mass is 821 g/mol. The van der Waals surface area contributed by atoms with Gasteiger partial charge >= 0.3 is 0 Å². The summed E-state index contributed by atoms with van der Waals surface area (Å²) in [6.45, 7) is 7.29. The minimum Gasteiger partial charge on any atom is -0.335 e. The summed E-state index contributed by atoms with van der Waals surface area (Å²) in [5.74, 6) is 0.814. The van der Waals surface area contributed by atoms with Gasteiger partial charge in [-0.3, -0.25) is 0 Å². The zero-order valence-electron chi connectivity index (χ0n) is 27.8. The molecule has 0 N–H and O–H groups in total. The molecule has 0 bridgehead atoms. The Morgan fingerprint density at radius 3 is 2.23 bits per heavy atom. The molecule has 1 radical (unpaired) electrons. The molecule has 4 aromatic heterocycles. The first kappa shape index (κ1) is 33.7. The standard InChI is InChI=1S/C31H32N3Si.C11H8N.Ir/c1-35(2,3)30-21-32-28(19-23(30)17-22-11-7-8-12-22)24-18-27-26-15-9-10-16-29(26)34(31(27)33-20-24)25-13-5-4-6-14-25;1-2-6-10(7-3-1)11-8-4-5-9-12-11;/h4-6,9-10,13-16,18-19,21-22H,7-8,11-12,17H2,1-3H3;1-6,8-9H;/q2*-1;. The van der Waals surface area contributed by atoms with Crippen LogP contribution in [0.2, 0.25) is 19.6 Å². The molecule has 0 unspecified atom stereocenters. The molecule has 1 aliphatic carbocycles. The zero-order chi connectivity index (χ0) is 32.2. The van der Waals surface area contributed by atoms with E-state index in [1.165, 1.54) is 48.2 Å². The molecule has 4 nitrogen and oxygen atoms in total. The minimum atomic E-state index is -1.48. The predicted molar refractivity (Wildman–Crippen MR) is 198 cm³/mol. The summed E-state index contributed by atoms with van der Waals surface area (Å²) in [5, 5.41) is 3.86. The average molecular weight is 821 g/mol. The van der Waals surface area contributed by atoms with Crippen LogP contribution in [0.25, 0.3) is 50.1 Å². The molecule has 243 valence electrons. The van der Waals surface area contributed by atoms with Gasteiger partial charge in [0.05, 0.1) is 13.7 Å². The topological polar surface area (TPSA) is 43.6 Å². The summed E-state index contributed by atoms with van der Waals surface area (Å²) in [6.07, 6.45) is 14.0. The largest absolute Gasteiger partial charge is 0.335 e. The van der Waals surface area contributed by atoms with Crippen LogP contribution in [-0.4, -0.2) is 27.6 Å². The summed E-state index contributed by atoms with van der Waals surface area (Å²) in [6, 6.07) is 40.4. The van der Waals surface area contributed by atoms with Crippen LogP contribution in [-0.2, 0) is 26.5 Å². The van der Waals surface area contributed by atoms with Crippen LogP contribution >= 0.6 is 0 Å². The second-order valence-corrected chi connectivity index (χ2v) is 18.6. The Morgan fingerprint density at radius 1 is 0.750 bits per heavy atom. The maximum Gasteiger partial charge on any atom is 0.0798 e. The summed E-state index contributed by atoms with van der Waals surface area (Å²) in [5.41, 5.74) is 8.69. The van der Waals surface area contributed by atoms with Gasteiger partial charge in [-0.2, -0.15) is 0 Å². The van der Waals surface area contributed by atoms with Crippen molar-refractivity contribution in [3.8, 4) is 28.2 Å². The van der Waals surface area contributed by atoms with Gasteiger partial charge in [0, 0.05) is 43.7 Å². The molecular weight excluding hydrogens is 781 g/mol. The van der Waals surface area contributed by atoms with Crippen molar-refractivity contribution in [2.45, 2.75) is 51.7 Å². The molecule has 48 heavy (non-hydrogen) atoms. The summed E-state index contributed by atoms with van der Waals surface area (Å²) < 4.78 is 2.23. The van der Waals surface area contributed by atoms with Gasteiger partial charge < -0.3 is 19.5 Å². The van der Waals surface area contributed by atoms with Crippen LogP contribution in [0.4, 0.5) is 0 Å². The van der Waals surface area contributed by atoms with Crippen molar-refractivity contribution < 1.29 is 20.1 Å². The van der Waals surface area contributed by atoms with Gasteiger partial charge in [0.2, 0.25) is 0 Å². The minimum absolute atomic E-state index is 0. The zero-order valence-corrected chi connectivity index (χ0v) is 31.2. The van der Waals surface area contributed by atoms with Gasteiger partial charge in [0.25, 0.3) is 0 Å². The first-order chi connectivity index (χ1) is 23.0. The molecule has 4 heterocycles.